The second kappa shape index (κ2) is 9.82. The summed E-state index contributed by atoms with van der Waals surface area (Å²) in [6, 6.07) is -0.236. The molecule has 0 aliphatic carbocycles. The Hall–Kier alpha value is -2.05. The molecule has 0 heterocycles. The van der Waals surface area contributed by atoms with Crippen molar-refractivity contribution in [2.45, 2.75) is 26.9 Å². The zero-order chi connectivity index (χ0) is 15.5. The molecule has 114 valence electrons. The predicted molar refractivity (Wildman–Crippen MR) is 73.0 cm³/mol. The number of carbonyl (C=O) groups is 3. The van der Waals surface area contributed by atoms with Gasteiger partial charge in [-0.05, 0) is 20.8 Å². The third kappa shape index (κ3) is 8.96. The van der Waals surface area contributed by atoms with E-state index in [-0.39, 0.29) is 25.3 Å². The molecule has 0 atom stereocenters. The third-order valence-corrected chi connectivity index (χ3v) is 2.05. The fourth-order valence-electron chi connectivity index (χ4n) is 1.13. The first kappa shape index (κ1) is 17.9. The molecule has 0 aromatic carbocycles. The Morgan fingerprint density at radius 3 is 2.35 bits per heavy atom. The van der Waals surface area contributed by atoms with Crippen LogP contribution in [0.25, 0.3) is 0 Å². The number of amides is 2. The number of hydrogen-bond acceptors (Lipinski definition) is 5. The van der Waals surface area contributed by atoms with Crippen LogP contribution in [0, 0.1) is 0 Å². The number of ether oxygens (including phenoxy) is 2. The summed E-state index contributed by atoms with van der Waals surface area (Å²) >= 11 is 0. The highest BCUT2D eigenvalue weighted by Gasteiger charge is 2.07. The van der Waals surface area contributed by atoms with E-state index in [0.29, 0.717) is 6.54 Å². The smallest absolute Gasteiger partial charge is 0.331 e. The Balaban J connectivity index is 3.91. The largest absolute Gasteiger partial charge is 0.461 e. The number of esters is 2. The first-order valence-corrected chi connectivity index (χ1v) is 6.41. The van der Waals surface area contributed by atoms with E-state index in [1.54, 1.807) is 20.9 Å². The SMILES string of the molecule is CCNC(=O)N(C)CCOC(=O)/C=C/C(=O)OC(C)C. The monoisotopic (exact) mass is 286 g/mol. The number of hydrogen-bond donors (Lipinski definition) is 1. The van der Waals surface area contributed by atoms with Crippen LogP contribution in [0.1, 0.15) is 20.8 Å². The van der Waals surface area contributed by atoms with Gasteiger partial charge in [-0.3, -0.25) is 0 Å². The molecule has 0 bridgehead atoms. The van der Waals surface area contributed by atoms with Crippen molar-refractivity contribution in [3.05, 3.63) is 12.2 Å². The van der Waals surface area contributed by atoms with E-state index in [1.807, 2.05) is 6.92 Å². The molecule has 20 heavy (non-hydrogen) atoms. The highest BCUT2D eigenvalue weighted by Crippen LogP contribution is 1.92. The summed E-state index contributed by atoms with van der Waals surface area (Å²) in [5.41, 5.74) is 0. The molecule has 1 N–H and O–H groups in total. The summed E-state index contributed by atoms with van der Waals surface area (Å²) in [7, 11) is 1.59. The van der Waals surface area contributed by atoms with Gasteiger partial charge in [-0.25, -0.2) is 14.4 Å². The molecule has 7 heteroatoms. The Labute approximate surface area is 118 Å². The van der Waals surface area contributed by atoms with Gasteiger partial charge in [0.1, 0.15) is 6.61 Å². The standard InChI is InChI=1S/C13H22N2O5/c1-5-14-13(18)15(4)8-9-19-11(16)6-7-12(17)20-10(2)3/h6-7,10H,5,8-9H2,1-4H3,(H,14,18)/b7-6+. The zero-order valence-electron chi connectivity index (χ0n) is 12.3. The second-order valence-electron chi connectivity index (χ2n) is 4.24. The van der Waals surface area contributed by atoms with Gasteiger partial charge in [0, 0.05) is 25.7 Å². The summed E-state index contributed by atoms with van der Waals surface area (Å²) < 4.78 is 9.65. The van der Waals surface area contributed by atoms with Crippen LogP contribution in [0.15, 0.2) is 12.2 Å². The Morgan fingerprint density at radius 1 is 1.20 bits per heavy atom. The fourth-order valence-corrected chi connectivity index (χ4v) is 1.13. The molecule has 0 saturated carbocycles. The zero-order valence-corrected chi connectivity index (χ0v) is 12.3. The molecule has 0 aliphatic rings. The van der Waals surface area contributed by atoms with E-state index in [0.717, 1.165) is 12.2 Å². The minimum absolute atomic E-state index is 0.0516. The molecule has 0 aromatic heterocycles. The molecule has 0 saturated heterocycles. The Kier molecular flexibility index (Phi) is 8.82. The summed E-state index contributed by atoms with van der Waals surface area (Å²) in [5, 5.41) is 2.61. The van der Waals surface area contributed by atoms with Crippen LogP contribution >= 0.6 is 0 Å². The molecule has 0 aliphatic heterocycles. The van der Waals surface area contributed by atoms with Crippen molar-refractivity contribution in [3.8, 4) is 0 Å². The number of likely N-dealkylation sites (N-methyl/N-ethyl adjacent to an activating group) is 1. The summed E-state index contributed by atoms with van der Waals surface area (Å²) in [6.07, 6.45) is 1.76. The predicted octanol–water partition coefficient (Wildman–Crippen LogP) is 0.699. The van der Waals surface area contributed by atoms with E-state index < -0.39 is 11.9 Å². The number of nitrogens with one attached hydrogen (secondary N) is 1. The van der Waals surface area contributed by atoms with Gasteiger partial charge in [0.25, 0.3) is 0 Å². The van der Waals surface area contributed by atoms with Crippen LogP contribution < -0.4 is 5.32 Å². The number of urea groups is 1. The first-order chi connectivity index (χ1) is 9.36. The molecule has 0 rings (SSSR count). The van der Waals surface area contributed by atoms with Crippen LogP contribution in [0.3, 0.4) is 0 Å². The van der Waals surface area contributed by atoms with Crippen molar-refractivity contribution in [2.24, 2.45) is 0 Å². The van der Waals surface area contributed by atoms with Crippen LogP contribution in [0.4, 0.5) is 4.79 Å². The van der Waals surface area contributed by atoms with E-state index in [2.05, 4.69) is 5.32 Å². The lowest BCUT2D eigenvalue weighted by Crippen LogP contribution is -2.39. The molecule has 2 amide bonds. The van der Waals surface area contributed by atoms with Crippen LogP contribution in [0.2, 0.25) is 0 Å². The van der Waals surface area contributed by atoms with Crippen molar-refractivity contribution < 1.29 is 23.9 Å². The lowest BCUT2D eigenvalue weighted by molar-refractivity contribution is -0.142. The van der Waals surface area contributed by atoms with Gasteiger partial charge >= 0.3 is 18.0 Å². The summed E-state index contributed by atoms with van der Waals surface area (Å²) in [6.45, 7) is 6.08. The Morgan fingerprint density at radius 2 is 1.80 bits per heavy atom. The molecule has 0 radical (unpaired) electrons. The van der Waals surface area contributed by atoms with Crippen molar-refractivity contribution in [1.29, 1.82) is 0 Å². The number of nitrogens with zero attached hydrogens (tertiary/aromatic N) is 1. The van der Waals surface area contributed by atoms with Gasteiger partial charge in [0.15, 0.2) is 0 Å². The van der Waals surface area contributed by atoms with Gasteiger partial charge in [-0.15, -0.1) is 0 Å². The van der Waals surface area contributed by atoms with Gasteiger partial charge in [0.05, 0.1) is 12.6 Å². The van der Waals surface area contributed by atoms with Gasteiger partial charge in [-0.2, -0.15) is 0 Å². The molecular formula is C13H22N2O5. The second-order valence-corrected chi connectivity index (χ2v) is 4.24. The van der Waals surface area contributed by atoms with Crippen LogP contribution in [-0.4, -0.2) is 55.7 Å². The minimum atomic E-state index is -0.657. The Bertz CT molecular complexity index is 366. The number of rotatable bonds is 7. The van der Waals surface area contributed by atoms with Crippen LogP contribution in [-0.2, 0) is 19.1 Å². The lowest BCUT2D eigenvalue weighted by Gasteiger charge is -2.16. The van der Waals surface area contributed by atoms with E-state index in [1.165, 1.54) is 4.90 Å². The van der Waals surface area contributed by atoms with Crippen molar-refractivity contribution in [3.63, 3.8) is 0 Å². The van der Waals surface area contributed by atoms with E-state index >= 15 is 0 Å². The van der Waals surface area contributed by atoms with Crippen LogP contribution in [0.5, 0.6) is 0 Å². The quantitative estimate of drug-likeness (QED) is 0.550. The van der Waals surface area contributed by atoms with Gasteiger partial charge in [0.2, 0.25) is 0 Å². The highest BCUT2D eigenvalue weighted by atomic mass is 16.5. The van der Waals surface area contributed by atoms with Crippen molar-refractivity contribution in [2.75, 3.05) is 26.7 Å². The fraction of sp³-hybridized carbons (Fsp3) is 0.615. The van der Waals surface area contributed by atoms with Crippen molar-refractivity contribution in [1.82, 2.24) is 10.2 Å². The highest BCUT2D eigenvalue weighted by molar-refractivity contribution is 5.91. The molecule has 7 nitrogen and oxygen atoms in total. The minimum Gasteiger partial charge on any atom is -0.461 e. The van der Waals surface area contributed by atoms with Crippen molar-refractivity contribution >= 4 is 18.0 Å². The molecule has 0 aromatic rings. The molecule has 0 fully saturated rings. The normalized spacial score (nSPS) is 10.4. The average molecular weight is 286 g/mol. The molecule has 0 unspecified atom stereocenters. The molecular weight excluding hydrogens is 264 g/mol. The number of carbonyl (C=O) groups excluding carboxylic acids is 3. The third-order valence-electron chi connectivity index (χ3n) is 2.05. The summed E-state index contributed by atoms with van der Waals surface area (Å²) in [4.78, 5) is 35.1. The molecule has 0 spiro atoms. The summed E-state index contributed by atoms with van der Waals surface area (Å²) in [5.74, 6) is -1.26. The van der Waals surface area contributed by atoms with E-state index in [9.17, 15) is 14.4 Å². The van der Waals surface area contributed by atoms with Gasteiger partial charge in [-0.1, -0.05) is 0 Å². The van der Waals surface area contributed by atoms with E-state index in [4.69, 9.17) is 9.47 Å². The average Bonchev–Trinajstić information content (AvgIpc) is 2.35. The maximum atomic E-state index is 11.3. The maximum absolute atomic E-state index is 11.3. The topological polar surface area (TPSA) is 84.9 Å². The maximum Gasteiger partial charge on any atom is 0.331 e. The van der Waals surface area contributed by atoms with Gasteiger partial charge < -0.3 is 19.7 Å². The lowest BCUT2D eigenvalue weighted by atomic mass is 10.4. The first-order valence-electron chi connectivity index (χ1n) is 6.41.